The van der Waals surface area contributed by atoms with Crippen molar-refractivity contribution in [3.05, 3.63) is 97.2 Å². The number of phosphoric ester groups is 1. The fourth-order valence-electron chi connectivity index (χ4n) is 6.83. The molecule has 374 valence electrons. The van der Waals surface area contributed by atoms with Crippen LogP contribution in [0.5, 0.6) is 0 Å². The van der Waals surface area contributed by atoms with E-state index in [1.165, 1.54) is 38.5 Å². The van der Waals surface area contributed by atoms with Crippen molar-refractivity contribution < 1.29 is 67.8 Å². The lowest BCUT2D eigenvalue weighted by Crippen LogP contribution is -2.64. The highest BCUT2D eigenvalue weighted by atomic mass is 31.2. The molecule has 0 aromatic rings. The van der Waals surface area contributed by atoms with Crippen molar-refractivity contribution in [3.8, 4) is 0 Å². The van der Waals surface area contributed by atoms with Crippen molar-refractivity contribution in [1.29, 1.82) is 0 Å². The van der Waals surface area contributed by atoms with E-state index >= 15 is 0 Å². The minimum Gasteiger partial charge on any atom is -0.462 e. The number of aliphatic hydroxyl groups is 5. The molecule has 14 nitrogen and oxygen atoms in total. The smallest absolute Gasteiger partial charge is 0.462 e. The highest BCUT2D eigenvalue weighted by molar-refractivity contribution is 7.47. The summed E-state index contributed by atoms with van der Waals surface area (Å²) in [6.45, 7) is 3.11. The molecule has 1 saturated heterocycles. The van der Waals surface area contributed by atoms with Gasteiger partial charge in [-0.25, -0.2) is 4.57 Å². The van der Waals surface area contributed by atoms with E-state index in [1.807, 2.05) is 18.2 Å². The Bertz CT molecular complexity index is 1590. The summed E-state index contributed by atoms with van der Waals surface area (Å²) in [6.07, 6.45) is 37.7. The summed E-state index contributed by atoms with van der Waals surface area (Å²) >= 11 is 0. The predicted octanol–water partition coefficient (Wildman–Crippen LogP) is 8.82. The number of esters is 2. The average Bonchev–Trinajstić information content (AvgIpc) is 4.06. The van der Waals surface area contributed by atoms with Gasteiger partial charge < -0.3 is 44.6 Å². The van der Waals surface area contributed by atoms with E-state index in [0.717, 1.165) is 51.4 Å². The highest BCUT2D eigenvalue weighted by Crippen LogP contribution is 2.47. The number of ether oxygens (including phenoxy) is 3. The molecule has 0 aromatic carbocycles. The number of hydrogen-bond acceptors (Lipinski definition) is 13. The monoisotopic (exact) mass is 949 g/mol. The van der Waals surface area contributed by atoms with Gasteiger partial charge in [0, 0.05) is 12.8 Å². The first-order chi connectivity index (χ1) is 31.9. The van der Waals surface area contributed by atoms with E-state index in [9.17, 15) is 44.6 Å². The third-order valence-electron chi connectivity index (χ3n) is 10.8. The molecule has 1 aliphatic carbocycles. The van der Waals surface area contributed by atoms with Crippen molar-refractivity contribution in [3.63, 3.8) is 0 Å². The lowest BCUT2D eigenvalue weighted by Gasteiger charge is -2.41. The number of carbonyl (C=O) groups is 2. The Balaban J connectivity index is 1.77. The van der Waals surface area contributed by atoms with Crippen LogP contribution in [0.25, 0.3) is 0 Å². The summed E-state index contributed by atoms with van der Waals surface area (Å²) in [5.41, 5.74) is 0. The Labute approximate surface area is 394 Å². The van der Waals surface area contributed by atoms with Crippen LogP contribution < -0.4 is 0 Å². The molecule has 0 bridgehead atoms. The van der Waals surface area contributed by atoms with Gasteiger partial charge in [0.2, 0.25) is 0 Å². The van der Waals surface area contributed by atoms with Gasteiger partial charge in [-0.2, -0.15) is 0 Å². The molecule has 0 spiro atoms. The van der Waals surface area contributed by atoms with Crippen molar-refractivity contribution >= 4 is 19.8 Å². The van der Waals surface area contributed by atoms with Gasteiger partial charge in [-0.1, -0.05) is 137 Å². The SMILES string of the molecule is CCCCC/C=C\C/C=C\C/C=C\C/C=C\C/C=C\CCC(=O)O[C@H](COC(=O)CCCC1OC1C/C=C\C/C=C\C/C=C\CCCCC)COP(=O)(O)OC1[C@H](O)[C@H](O)C(O)[C@H](O)[C@H]1O. The van der Waals surface area contributed by atoms with E-state index in [0.29, 0.717) is 25.7 Å². The fraction of sp³-hybridized carbons (Fsp3) is 0.647. The Morgan fingerprint density at radius 3 is 1.50 bits per heavy atom. The van der Waals surface area contributed by atoms with Crippen LogP contribution in [0, 0.1) is 0 Å². The average molecular weight is 949 g/mol. The second-order valence-electron chi connectivity index (χ2n) is 16.6. The zero-order valence-electron chi connectivity index (χ0n) is 39.4. The van der Waals surface area contributed by atoms with E-state index in [1.54, 1.807) is 0 Å². The van der Waals surface area contributed by atoms with Gasteiger partial charge in [-0.15, -0.1) is 0 Å². The zero-order chi connectivity index (χ0) is 48.3. The standard InChI is InChI=1S/C51H81O14P/c1-3-5-7-9-11-13-15-17-18-19-20-21-22-23-25-27-29-31-33-37-45(53)63-41(40-62-66(59,60)65-51-49(57)47(55)46(54)48(56)50(51)58)39-61-44(52)38-34-36-43-42(64-43)35-32-30-28-26-24-16-14-12-10-8-6-4-2/h11-14,17-18,20-21,23-26,29-32,41-43,46-51,54-58H,3-10,15-16,19,22,27-28,33-40H2,1-2H3,(H,59,60)/b13-11-,14-12-,18-17-,21-20-,25-23-,26-24-,31-29-,32-30-/t41-,42?,43?,46?,47-,48+,49-,50-,51?/m1/s1. The number of epoxide rings is 1. The van der Waals surface area contributed by atoms with Crippen LogP contribution in [0.4, 0.5) is 0 Å². The van der Waals surface area contributed by atoms with Crippen LogP contribution in [0.1, 0.15) is 142 Å². The maximum Gasteiger partial charge on any atom is 0.472 e. The van der Waals surface area contributed by atoms with E-state index in [2.05, 4.69) is 92.8 Å². The maximum atomic E-state index is 12.8. The molecule has 10 atom stereocenters. The van der Waals surface area contributed by atoms with Crippen molar-refractivity contribution in [2.75, 3.05) is 13.2 Å². The minimum absolute atomic E-state index is 0.0471. The van der Waals surface area contributed by atoms with Crippen molar-refractivity contribution in [2.24, 2.45) is 0 Å². The number of hydrogen-bond donors (Lipinski definition) is 6. The highest BCUT2D eigenvalue weighted by Gasteiger charge is 2.51. The van der Waals surface area contributed by atoms with E-state index < -0.39 is 75.7 Å². The number of aliphatic hydroxyl groups excluding tert-OH is 5. The summed E-state index contributed by atoms with van der Waals surface area (Å²) in [5.74, 6) is -1.28. The number of carbonyl (C=O) groups excluding carboxylic acids is 2. The van der Waals surface area contributed by atoms with Gasteiger partial charge in [-0.3, -0.25) is 18.6 Å². The third kappa shape index (κ3) is 28.2. The van der Waals surface area contributed by atoms with Crippen LogP contribution in [0.15, 0.2) is 97.2 Å². The maximum absolute atomic E-state index is 12.8. The molecule has 66 heavy (non-hydrogen) atoms. The summed E-state index contributed by atoms with van der Waals surface area (Å²) < 4.78 is 39.2. The first kappa shape index (κ1) is 58.9. The zero-order valence-corrected chi connectivity index (χ0v) is 40.3. The Kier molecular flexibility index (Phi) is 32.8. The molecule has 0 amide bonds. The molecule has 0 radical (unpaired) electrons. The predicted molar refractivity (Wildman–Crippen MR) is 257 cm³/mol. The lowest BCUT2D eigenvalue weighted by atomic mass is 9.85. The number of phosphoric acid groups is 1. The van der Waals surface area contributed by atoms with E-state index in [-0.39, 0.29) is 25.0 Å². The molecule has 2 rings (SSSR count). The molecule has 1 aliphatic heterocycles. The number of unbranched alkanes of at least 4 members (excludes halogenated alkanes) is 6. The molecule has 0 aromatic heterocycles. The van der Waals surface area contributed by atoms with Gasteiger partial charge in [0.1, 0.15) is 43.2 Å². The normalized spacial score (nSPS) is 25.2. The molecule has 15 heteroatoms. The third-order valence-corrected chi connectivity index (χ3v) is 11.8. The molecular weight excluding hydrogens is 868 g/mol. The largest absolute Gasteiger partial charge is 0.472 e. The first-order valence-corrected chi connectivity index (χ1v) is 25.7. The van der Waals surface area contributed by atoms with Gasteiger partial charge in [0.05, 0.1) is 18.8 Å². The first-order valence-electron chi connectivity index (χ1n) is 24.2. The van der Waals surface area contributed by atoms with Crippen molar-refractivity contribution in [2.45, 2.75) is 197 Å². The summed E-state index contributed by atoms with van der Waals surface area (Å²) in [4.78, 5) is 35.8. The fourth-order valence-corrected chi connectivity index (χ4v) is 7.80. The van der Waals surface area contributed by atoms with Crippen LogP contribution in [-0.4, -0.2) is 111 Å². The summed E-state index contributed by atoms with van der Waals surface area (Å²) in [6, 6.07) is 0. The molecule has 1 heterocycles. The Morgan fingerprint density at radius 1 is 0.545 bits per heavy atom. The lowest BCUT2D eigenvalue weighted by molar-refractivity contribution is -0.220. The molecule has 2 aliphatic rings. The van der Waals surface area contributed by atoms with Gasteiger partial charge >= 0.3 is 19.8 Å². The Morgan fingerprint density at radius 2 is 1.00 bits per heavy atom. The summed E-state index contributed by atoms with van der Waals surface area (Å²) in [5, 5.41) is 50.2. The molecule has 6 N–H and O–H groups in total. The Hall–Kier alpha value is -3.27. The molecular formula is C51H81O14P. The van der Waals surface area contributed by atoms with Gasteiger partial charge in [0.25, 0.3) is 0 Å². The summed E-state index contributed by atoms with van der Waals surface area (Å²) in [7, 11) is -5.17. The van der Waals surface area contributed by atoms with Crippen LogP contribution >= 0.6 is 7.82 Å². The van der Waals surface area contributed by atoms with E-state index in [4.69, 9.17) is 23.3 Å². The van der Waals surface area contributed by atoms with Crippen LogP contribution in [-0.2, 0) is 37.4 Å². The van der Waals surface area contributed by atoms with Crippen LogP contribution in [0.3, 0.4) is 0 Å². The number of allylic oxidation sites excluding steroid dienone is 15. The van der Waals surface area contributed by atoms with Crippen LogP contribution in [0.2, 0.25) is 0 Å². The second kappa shape index (κ2) is 36.7. The quantitative estimate of drug-likeness (QED) is 0.0113. The van der Waals surface area contributed by atoms with Gasteiger partial charge in [-0.05, 0) is 89.9 Å². The second-order valence-corrected chi connectivity index (χ2v) is 18.0. The number of rotatable bonds is 37. The minimum atomic E-state index is -5.17. The van der Waals surface area contributed by atoms with Gasteiger partial charge in [0.15, 0.2) is 6.10 Å². The molecule has 5 unspecified atom stereocenters. The topological polar surface area (TPSA) is 222 Å². The van der Waals surface area contributed by atoms with Crippen molar-refractivity contribution in [1.82, 2.24) is 0 Å². The molecule has 1 saturated carbocycles. The molecule has 2 fully saturated rings.